The van der Waals surface area contributed by atoms with Crippen LogP contribution < -0.4 is 4.74 Å². The molecule has 0 unspecified atom stereocenters. The summed E-state index contributed by atoms with van der Waals surface area (Å²) in [5.74, 6) is 3.15. The van der Waals surface area contributed by atoms with Gasteiger partial charge >= 0.3 is 0 Å². The lowest BCUT2D eigenvalue weighted by molar-refractivity contribution is -0.141. The van der Waals surface area contributed by atoms with Crippen molar-refractivity contribution in [3.8, 4) is 18.1 Å². The van der Waals surface area contributed by atoms with Gasteiger partial charge in [-0.1, -0.05) is 24.1 Å². The highest BCUT2D eigenvalue weighted by atomic mass is 16.7. The van der Waals surface area contributed by atoms with Crippen LogP contribution in [0.3, 0.4) is 0 Å². The summed E-state index contributed by atoms with van der Waals surface area (Å²) in [6, 6.07) is 7.59. The molecule has 0 spiro atoms. The number of para-hydroxylation sites is 1. The average molecular weight is 234 g/mol. The van der Waals surface area contributed by atoms with Gasteiger partial charge in [0.05, 0.1) is 0 Å². The number of hydrogen-bond donors (Lipinski definition) is 0. The van der Waals surface area contributed by atoms with Crippen molar-refractivity contribution < 1.29 is 14.2 Å². The fourth-order valence-corrected chi connectivity index (χ4v) is 1.46. The monoisotopic (exact) mass is 234 g/mol. The molecule has 3 nitrogen and oxygen atoms in total. The molecule has 1 rings (SSSR count). The van der Waals surface area contributed by atoms with E-state index in [1.807, 2.05) is 38.1 Å². The van der Waals surface area contributed by atoms with Gasteiger partial charge in [-0.05, 0) is 19.9 Å². The molecule has 0 saturated heterocycles. The van der Waals surface area contributed by atoms with Crippen LogP contribution in [0.15, 0.2) is 24.3 Å². The first-order valence-corrected chi connectivity index (χ1v) is 5.71. The minimum Gasteiger partial charge on any atom is -0.480 e. The fraction of sp³-hybridized carbons (Fsp3) is 0.429. The van der Waals surface area contributed by atoms with E-state index in [0.717, 1.165) is 5.56 Å². The van der Waals surface area contributed by atoms with Crippen molar-refractivity contribution in [1.29, 1.82) is 0 Å². The highest BCUT2D eigenvalue weighted by Gasteiger charge is 2.15. The summed E-state index contributed by atoms with van der Waals surface area (Å²) < 4.78 is 16.5. The second-order valence-corrected chi connectivity index (χ2v) is 3.27. The molecule has 0 heterocycles. The fourth-order valence-electron chi connectivity index (χ4n) is 1.46. The van der Waals surface area contributed by atoms with Crippen LogP contribution in [0.25, 0.3) is 0 Å². The summed E-state index contributed by atoms with van der Waals surface area (Å²) in [6.45, 7) is 5.25. The van der Waals surface area contributed by atoms with Crippen molar-refractivity contribution in [3.63, 3.8) is 0 Å². The first kappa shape index (κ1) is 13.6. The molecular formula is C14H18O3. The average Bonchev–Trinajstić information content (AvgIpc) is 2.36. The van der Waals surface area contributed by atoms with Crippen LogP contribution in [0, 0.1) is 12.3 Å². The highest BCUT2D eigenvalue weighted by Crippen LogP contribution is 2.28. The lowest BCUT2D eigenvalue weighted by atomic mass is 10.2. The van der Waals surface area contributed by atoms with E-state index in [1.54, 1.807) is 0 Å². The highest BCUT2D eigenvalue weighted by molar-refractivity contribution is 5.34. The zero-order chi connectivity index (χ0) is 12.5. The van der Waals surface area contributed by atoms with Crippen molar-refractivity contribution in [1.82, 2.24) is 0 Å². The molecule has 0 fully saturated rings. The van der Waals surface area contributed by atoms with Crippen LogP contribution in [-0.2, 0) is 9.47 Å². The molecule has 0 aliphatic heterocycles. The van der Waals surface area contributed by atoms with Gasteiger partial charge in [0.25, 0.3) is 0 Å². The maximum atomic E-state index is 5.54. The Hall–Kier alpha value is -1.50. The zero-order valence-corrected chi connectivity index (χ0v) is 10.3. The standard InChI is InChI=1S/C14H18O3/c1-4-11-17-13-10-8-7-9-12(13)14(15-5-2)16-6-3/h1,7-10,14H,5-6,11H2,2-3H3. The maximum absolute atomic E-state index is 5.54. The number of hydrogen-bond acceptors (Lipinski definition) is 3. The lowest BCUT2D eigenvalue weighted by Crippen LogP contribution is -2.10. The molecule has 1 aromatic carbocycles. The molecular weight excluding hydrogens is 216 g/mol. The molecule has 0 N–H and O–H groups in total. The molecule has 1 aromatic rings. The summed E-state index contributed by atoms with van der Waals surface area (Å²) in [5, 5.41) is 0. The quantitative estimate of drug-likeness (QED) is 0.536. The lowest BCUT2D eigenvalue weighted by Gasteiger charge is -2.19. The van der Waals surface area contributed by atoms with Gasteiger partial charge in [0.2, 0.25) is 0 Å². The Morgan fingerprint density at radius 1 is 1.18 bits per heavy atom. The van der Waals surface area contributed by atoms with Gasteiger partial charge in [-0.25, -0.2) is 0 Å². The molecule has 0 amide bonds. The van der Waals surface area contributed by atoms with E-state index in [4.69, 9.17) is 20.6 Å². The Morgan fingerprint density at radius 3 is 2.41 bits per heavy atom. The van der Waals surface area contributed by atoms with Gasteiger partial charge in [-0.3, -0.25) is 0 Å². The number of ether oxygens (including phenoxy) is 3. The molecule has 0 radical (unpaired) electrons. The second-order valence-electron chi connectivity index (χ2n) is 3.27. The Labute approximate surface area is 103 Å². The Morgan fingerprint density at radius 2 is 1.82 bits per heavy atom. The Balaban J connectivity index is 2.88. The number of benzene rings is 1. The molecule has 3 heteroatoms. The summed E-state index contributed by atoms with van der Waals surface area (Å²) in [5.41, 5.74) is 0.867. The maximum Gasteiger partial charge on any atom is 0.187 e. The predicted octanol–water partition coefficient (Wildman–Crippen LogP) is 2.77. The minimum absolute atomic E-state index is 0.238. The summed E-state index contributed by atoms with van der Waals surface area (Å²) in [7, 11) is 0. The van der Waals surface area contributed by atoms with Gasteiger partial charge in [-0.2, -0.15) is 0 Å². The smallest absolute Gasteiger partial charge is 0.187 e. The summed E-state index contributed by atoms with van der Waals surface area (Å²) >= 11 is 0. The van der Waals surface area contributed by atoms with Crippen LogP contribution in [0.5, 0.6) is 5.75 Å². The summed E-state index contributed by atoms with van der Waals surface area (Å²) in [4.78, 5) is 0. The molecule has 0 aliphatic carbocycles. The van der Waals surface area contributed by atoms with Crippen LogP contribution in [0.2, 0.25) is 0 Å². The third-order valence-corrected chi connectivity index (χ3v) is 2.12. The molecule has 17 heavy (non-hydrogen) atoms. The van der Waals surface area contributed by atoms with E-state index >= 15 is 0 Å². The molecule has 0 aliphatic rings. The van der Waals surface area contributed by atoms with E-state index < -0.39 is 6.29 Å². The van der Waals surface area contributed by atoms with Crippen molar-refractivity contribution in [2.24, 2.45) is 0 Å². The van der Waals surface area contributed by atoms with E-state index in [2.05, 4.69) is 5.92 Å². The van der Waals surface area contributed by atoms with Gasteiger partial charge in [0.15, 0.2) is 6.29 Å². The predicted molar refractivity (Wildman–Crippen MR) is 66.8 cm³/mol. The Bertz CT molecular complexity index is 362. The summed E-state index contributed by atoms with van der Waals surface area (Å²) in [6.07, 6.45) is 4.78. The van der Waals surface area contributed by atoms with Crippen LogP contribution in [0.4, 0.5) is 0 Å². The van der Waals surface area contributed by atoms with Gasteiger partial charge in [0.1, 0.15) is 12.4 Å². The van der Waals surface area contributed by atoms with Crippen molar-refractivity contribution in [3.05, 3.63) is 29.8 Å². The van der Waals surface area contributed by atoms with E-state index in [9.17, 15) is 0 Å². The van der Waals surface area contributed by atoms with Gasteiger partial charge in [-0.15, -0.1) is 6.42 Å². The van der Waals surface area contributed by atoms with Crippen LogP contribution >= 0.6 is 0 Å². The topological polar surface area (TPSA) is 27.7 Å². The van der Waals surface area contributed by atoms with Crippen molar-refractivity contribution in [2.75, 3.05) is 19.8 Å². The van der Waals surface area contributed by atoms with E-state index in [0.29, 0.717) is 19.0 Å². The van der Waals surface area contributed by atoms with Crippen LogP contribution in [-0.4, -0.2) is 19.8 Å². The largest absolute Gasteiger partial charge is 0.480 e. The normalized spacial score (nSPS) is 10.2. The molecule has 0 atom stereocenters. The third kappa shape index (κ3) is 4.10. The number of terminal acetylenes is 1. The van der Waals surface area contributed by atoms with Crippen LogP contribution in [0.1, 0.15) is 25.7 Å². The molecule has 0 bridgehead atoms. The first-order chi connectivity index (χ1) is 8.33. The van der Waals surface area contributed by atoms with Crippen molar-refractivity contribution in [2.45, 2.75) is 20.1 Å². The van der Waals surface area contributed by atoms with E-state index in [-0.39, 0.29) is 6.61 Å². The SMILES string of the molecule is C#CCOc1ccccc1C(OCC)OCC. The third-order valence-electron chi connectivity index (χ3n) is 2.12. The van der Waals surface area contributed by atoms with Gasteiger partial charge in [0, 0.05) is 18.8 Å². The number of rotatable bonds is 7. The Kier molecular flexibility index (Phi) is 6.16. The van der Waals surface area contributed by atoms with Crippen molar-refractivity contribution >= 4 is 0 Å². The molecule has 0 aromatic heterocycles. The molecule has 0 saturated carbocycles. The van der Waals surface area contributed by atoms with E-state index in [1.165, 1.54) is 0 Å². The zero-order valence-electron chi connectivity index (χ0n) is 10.3. The minimum atomic E-state index is -0.404. The van der Waals surface area contributed by atoms with Gasteiger partial charge < -0.3 is 14.2 Å². The second kappa shape index (κ2) is 7.72. The first-order valence-electron chi connectivity index (χ1n) is 5.71. The molecule has 92 valence electrons.